The molecule has 0 fully saturated rings. The predicted octanol–water partition coefficient (Wildman–Crippen LogP) is 1.27. The minimum atomic E-state index is -0.340. The van der Waals surface area contributed by atoms with E-state index >= 15 is 0 Å². The number of hydrogen-bond donors (Lipinski definition) is 1. The van der Waals surface area contributed by atoms with Crippen molar-refractivity contribution in [1.29, 1.82) is 0 Å². The van der Waals surface area contributed by atoms with Gasteiger partial charge in [0.15, 0.2) is 0 Å². The number of amides is 1. The predicted molar refractivity (Wildman–Crippen MR) is 75.3 cm³/mol. The van der Waals surface area contributed by atoms with Crippen LogP contribution in [0.2, 0.25) is 0 Å². The van der Waals surface area contributed by atoms with Crippen LogP contribution in [0.25, 0.3) is 0 Å². The molecule has 5 heteroatoms. The maximum atomic E-state index is 11.6. The van der Waals surface area contributed by atoms with Crippen molar-refractivity contribution < 1.29 is 14.3 Å². The van der Waals surface area contributed by atoms with Crippen molar-refractivity contribution in [2.75, 3.05) is 20.2 Å². The van der Waals surface area contributed by atoms with Crippen LogP contribution in [0.4, 0.5) is 0 Å². The molecule has 0 radical (unpaired) electrons. The summed E-state index contributed by atoms with van der Waals surface area (Å²) in [5, 5.41) is 0. The van der Waals surface area contributed by atoms with Gasteiger partial charge >= 0.3 is 5.97 Å². The normalized spacial score (nSPS) is 18.4. The standard InChI is InChI=1S/C15H20N2O3/c1-3-10-7-17(9-14(16)18)8-12-6-11(15(19)20-2)4-5-13(10)12/h4-6,10H,3,7-9H2,1-2H3,(H2,16,18). The Balaban J connectivity index is 2.31. The molecule has 1 aromatic carbocycles. The largest absolute Gasteiger partial charge is 0.465 e. The van der Waals surface area contributed by atoms with Gasteiger partial charge < -0.3 is 10.5 Å². The van der Waals surface area contributed by atoms with Gasteiger partial charge in [-0.1, -0.05) is 13.0 Å². The van der Waals surface area contributed by atoms with E-state index < -0.39 is 0 Å². The Labute approximate surface area is 118 Å². The maximum absolute atomic E-state index is 11.6. The average Bonchev–Trinajstić information content (AvgIpc) is 2.44. The lowest BCUT2D eigenvalue weighted by atomic mass is 9.87. The van der Waals surface area contributed by atoms with Crippen molar-refractivity contribution in [2.24, 2.45) is 5.73 Å². The molecule has 0 saturated carbocycles. The van der Waals surface area contributed by atoms with E-state index in [1.54, 1.807) is 6.07 Å². The van der Waals surface area contributed by atoms with Gasteiger partial charge in [0.1, 0.15) is 0 Å². The van der Waals surface area contributed by atoms with Crippen molar-refractivity contribution in [3.8, 4) is 0 Å². The number of primary amides is 1. The summed E-state index contributed by atoms with van der Waals surface area (Å²) in [6, 6.07) is 5.66. The van der Waals surface area contributed by atoms with Crippen LogP contribution in [0.1, 0.15) is 40.7 Å². The molecule has 1 aliphatic rings. The quantitative estimate of drug-likeness (QED) is 0.840. The molecule has 2 N–H and O–H groups in total. The molecule has 1 aromatic rings. The second-order valence-electron chi connectivity index (χ2n) is 5.15. The van der Waals surface area contributed by atoms with Gasteiger partial charge in [-0.25, -0.2) is 4.79 Å². The Morgan fingerprint density at radius 2 is 2.20 bits per heavy atom. The molecule has 1 unspecified atom stereocenters. The fourth-order valence-electron chi connectivity index (χ4n) is 2.79. The average molecular weight is 276 g/mol. The van der Waals surface area contributed by atoms with Crippen molar-refractivity contribution in [3.05, 3.63) is 34.9 Å². The first kappa shape index (κ1) is 14.5. The van der Waals surface area contributed by atoms with E-state index in [-0.39, 0.29) is 18.4 Å². The first-order valence-electron chi connectivity index (χ1n) is 6.77. The number of nitrogens with zero attached hydrogens (tertiary/aromatic N) is 1. The molecule has 0 aromatic heterocycles. The number of rotatable bonds is 4. The van der Waals surface area contributed by atoms with Gasteiger partial charge in [-0.05, 0) is 35.6 Å². The van der Waals surface area contributed by atoms with Crippen LogP contribution < -0.4 is 5.73 Å². The molecule has 0 spiro atoms. The minimum absolute atomic E-state index is 0.248. The Morgan fingerprint density at radius 3 is 2.80 bits per heavy atom. The summed E-state index contributed by atoms with van der Waals surface area (Å²) in [5.41, 5.74) is 8.15. The van der Waals surface area contributed by atoms with Crippen LogP contribution in [-0.2, 0) is 16.1 Å². The lowest BCUT2D eigenvalue weighted by Gasteiger charge is -2.33. The first-order chi connectivity index (χ1) is 9.55. The number of esters is 1. The smallest absolute Gasteiger partial charge is 0.337 e. The van der Waals surface area contributed by atoms with Crippen LogP contribution in [0.15, 0.2) is 18.2 Å². The summed E-state index contributed by atoms with van der Waals surface area (Å²) >= 11 is 0. The highest BCUT2D eigenvalue weighted by Gasteiger charge is 2.25. The molecule has 1 heterocycles. The lowest BCUT2D eigenvalue weighted by molar-refractivity contribution is -0.119. The molecule has 0 saturated heterocycles. The molecule has 1 amide bonds. The van der Waals surface area contributed by atoms with E-state index in [9.17, 15) is 9.59 Å². The number of methoxy groups -OCH3 is 1. The number of hydrogen-bond acceptors (Lipinski definition) is 4. The highest BCUT2D eigenvalue weighted by Crippen LogP contribution is 2.31. The van der Waals surface area contributed by atoms with E-state index in [4.69, 9.17) is 10.5 Å². The molecule has 1 atom stereocenters. The first-order valence-corrected chi connectivity index (χ1v) is 6.77. The van der Waals surface area contributed by atoms with Crippen molar-refractivity contribution >= 4 is 11.9 Å². The third-order valence-electron chi connectivity index (χ3n) is 3.75. The zero-order valence-corrected chi connectivity index (χ0v) is 11.9. The molecule has 5 nitrogen and oxygen atoms in total. The maximum Gasteiger partial charge on any atom is 0.337 e. The molecule has 1 aliphatic heterocycles. The number of benzene rings is 1. The molecule has 20 heavy (non-hydrogen) atoms. The van der Waals surface area contributed by atoms with E-state index in [0.717, 1.165) is 18.5 Å². The van der Waals surface area contributed by atoms with Crippen LogP contribution >= 0.6 is 0 Å². The SMILES string of the molecule is CCC1CN(CC(N)=O)Cc2cc(C(=O)OC)ccc21. The molecular formula is C15H20N2O3. The van der Waals surface area contributed by atoms with Gasteiger partial charge in [-0.15, -0.1) is 0 Å². The van der Waals surface area contributed by atoms with Gasteiger partial charge in [0, 0.05) is 13.1 Å². The van der Waals surface area contributed by atoms with Crippen LogP contribution in [0.3, 0.4) is 0 Å². The summed E-state index contributed by atoms with van der Waals surface area (Å²) < 4.78 is 4.75. The number of nitrogens with two attached hydrogens (primary N) is 1. The highest BCUT2D eigenvalue weighted by molar-refractivity contribution is 5.89. The second kappa shape index (κ2) is 6.05. The summed E-state index contributed by atoms with van der Waals surface area (Å²) in [4.78, 5) is 24.7. The van der Waals surface area contributed by atoms with Gasteiger partial charge in [-0.3, -0.25) is 9.69 Å². The van der Waals surface area contributed by atoms with E-state index in [1.807, 2.05) is 17.0 Å². The number of carbonyl (C=O) groups is 2. The van der Waals surface area contributed by atoms with Crippen LogP contribution in [0.5, 0.6) is 0 Å². The summed E-state index contributed by atoms with van der Waals surface area (Å²) in [6.07, 6.45) is 0.986. The molecule has 0 aliphatic carbocycles. The number of carbonyl (C=O) groups excluding carboxylic acids is 2. The summed E-state index contributed by atoms with van der Waals surface area (Å²) in [5.74, 6) is -0.301. The fourth-order valence-corrected chi connectivity index (χ4v) is 2.79. The van der Waals surface area contributed by atoms with Crippen molar-refractivity contribution in [2.45, 2.75) is 25.8 Å². The van der Waals surface area contributed by atoms with Gasteiger partial charge in [-0.2, -0.15) is 0 Å². The monoisotopic (exact) mass is 276 g/mol. The molecule has 2 rings (SSSR count). The summed E-state index contributed by atoms with van der Waals surface area (Å²) in [7, 11) is 1.37. The fraction of sp³-hybridized carbons (Fsp3) is 0.467. The topological polar surface area (TPSA) is 72.6 Å². The summed E-state index contributed by atoms with van der Waals surface area (Å²) in [6.45, 7) is 3.83. The zero-order valence-electron chi connectivity index (χ0n) is 11.9. The number of ether oxygens (including phenoxy) is 1. The van der Waals surface area contributed by atoms with Gasteiger partial charge in [0.25, 0.3) is 0 Å². The van der Waals surface area contributed by atoms with E-state index in [2.05, 4.69) is 6.92 Å². The third kappa shape index (κ3) is 2.99. The Kier molecular flexibility index (Phi) is 4.39. The Bertz CT molecular complexity index is 528. The van der Waals surface area contributed by atoms with Crippen LogP contribution in [0, 0.1) is 0 Å². The Hall–Kier alpha value is -1.88. The number of fused-ring (bicyclic) bond motifs is 1. The molecule has 108 valence electrons. The molecular weight excluding hydrogens is 256 g/mol. The second-order valence-corrected chi connectivity index (χ2v) is 5.15. The van der Waals surface area contributed by atoms with E-state index in [1.165, 1.54) is 12.7 Å². The Morgan fingerprint density at radius 1 is 1.45 bits per heavy atom. The van der Waals surface area contributed by atoms with Crippen LogP contribution in [-0.4, -0.2) is 37.0 Å². The van der Waals surface area contributed by atoms with Gasteiger partial charge in [0.2, 0.25) is 5.91 Å². The van der Waals surface area contributed by atoms with E-state index in [0.29, 0.717) is 18.0 Å². The zero-order chi connectivity index (χ0) is 14.7. The highest BCUT2D eigenvalue weighted by atomic mass is 16.5. The minimum Gasteiger partial charge on any atom is -0.465 e. The molecule has 0 bridgehead atoms. The van der Waals surface area contributed by atoms with Gasteiger partial charge in [0.05, 0.1) is 19.2 Å². The van der Waals surface area contributed by atoms with Crippen molar-refractivity contribution in [1.82, 2.24) is 4.90 Å². The lowest BCUT2D eigenvalue weighted by Crippen LogP contribution is -2.39. The van der Waals surface area contributed by atoms with Crippen molar-refractivity contribution in [3.63, 3.8) is 0 Å². The third-order valence-corrected chi connectivity index (χ3v) is 3.75.